The highest BCUT2D eigenvalue weighted by atomic mass is 19.1. The smallest absolute Gasteiger partial charge is 0.307 e. The number of rotatable bonds is 7. The van der Waals surface area contributed by atoms with Crippen LogP contribution < -0.4 is 9.64 Å². The average molecular weight is 485 g/mol. The van der Waals surface area contributed by atoms with Crippen LogP contribution in [0.1, 0.15) is 50.8 Å². The van der Waals surface area contributed by atoms with Gasteiger partial charge in [0.2, 0.25) is 5.88 Å². The van der Waals surface area contributed by atoms with Crippen LogP contribution in [0.2, 0.25) is 0 Å². The second-order valence-electron chi connectivity index (χ2n) is 10.9. The van der Waals surface area contributed by atoms with Crippen LogP contribution in [0.5, 0.6) is 5.88 Å². The summed E-state index contributed by atoms with van der Waals surface area (Å²) in [5.74, 6) is -1.00. The number of nitrogens with zero attached hydrogens (tertiary/aromatic N) is 4. The fraction of sp³-hybridized carbons (Fsp3) is 0.593. The molecule has 8 heteroatoms. The van der Waals surface area contributed by atoms with Crippen LogP contribution in [0.3, 0.4) is 0 Å². The molecular formula is C27H37FN4O3. The molecule has 0 saturated carbocycles. The number of hydrogen-bond donors (Lipinski definition) is 1. The van der Waals surface area contributed by atoms with Crippen molar-refractivity contribution in [3.8, 4) is 17.0 Å². The van der Waals surface area contributed by atoms with Crippen molar-refractivity contribution in [3.05, 3.63) is 35.5 Å². The van der Waals surface area contributed by atoms with E-state index in [0.29, 0.717) is 34.9 Å². The van der Waals surface area contributed by atoms with Crippen molar-refractivity contribution < 1.29 is 19.0 Å². The van der Waals surface area contributed by atoms with Crippen LogP contribution >= 0.6 is 0 Å². The fourth-order valence-corrected chi connectivity index (χ4v) is 5.01. The van der Waals surface area contributed by atoms with Crippen molar-refractivity contribution in [1.29, 1.82) is 0 Å². The Kier molecular flexibility index (Phi) is 7.59. The van der Waals surface area contributed by atoms with Gasteiger partial charge in [-0.05, 0) is 70.1 Å². The molecule has 2 aromatic rings. The molecule has 2 aromatic heterocycles. The fourth-order valence-electron chi connectivity index (χ4n) is 5.01. The summed E-state index contributed by atoms with van der Waals surface area (Å²) in [6.07, 6.45) is 7.26. The van der Waals surface area contributed by atoms with Crippen LogP contribution in [0.15, 0.2) is 18.5 Å². The molecule has 2 aliphatic rings. The monoisotopic (exact) mass is 484 g/mol. The Bertz CT molecular complexity index is 1060. The van der Waals surface area contributed by atoms with Gasteiger partial charge in [0.05, 0.1) is 18.7 Å². The van der Waals surface area contributed by atoms with E-state index in [-0.39, 0.29) is 17.7 Å². The maximum absolute atomic E-state index is 15.1. The number of aliphatic carboxylic acids is 1. The van der Waals surface area contributed by atoms with Crippen LogP contribution in [0, 0.1) is 24.1 Å². The third-order valence-electron chi connectivity index (χ3n) is 7.54. The third-order valence-corrected chi connectivity index (χ3v) is 7.54. The lowest BCUT2D eigenvalue weighted by Gasteiger charge is -2.40. The summed E-state index contributed by atoms with van der Waals surface area (Å²) in [7, 11) is 2.11. The van der Waals surface area contributed by atoms with Gasteiger partial charge in [0.1, 0.15) is 0 Å². The Balaban J connectivity index is 1.62. The minimum Gasteiger partial charge on any atom is -0.481 e. The average Bonchev–Trinajstić information content (AvgIpc) is 2.80. The maximum atomic E-state index is 15.1. The molecule has 0 aliphatic carbocycles. The molecule has 0 radical (unpaired) electrons. The SMILES string of the molecule is Cc1ncc(-c2cnc(OCC3CCN(C)CC3)c(F)c2)c(N2CCC(C)(C)CC2)c1CC(=O)O. The first-order valence-electron chi connectivity index (χ1n) is 12.6. The summed E-state index contributed by atoms with van der Waals surface area (Å²) in [6, 6.07) is 1.44. The number of hydrogen-bond acceptors (Lipinski definition) is 6. The Hall–Kier alpha value is -2.74. The molecule has 2 fully saturated rings. The normalized spacial score (nSPS) is 19.1. The number of carboxylic acid groups (broad SMARTS) is 1. The predicted octanol–water partition coefficient (Wildman–Crippen LogP) is 4.57. The van der Waals surface area contributed by atoms with E-state index in [1.807, 2.05) is 6.92 Å². The van der Waals surface area contributed by atoms with Crippen molar-refractivity contribution >= 4 is 11.7 Å². The summed E-state index contributed by atoms with van der Waals surface area (Å²) in [6.45, 7) is 10.5. The first-order valence-corrected chi connectivity index (χ1v) is 12.6. The molecule has 0 atom stereocenters. The lowest BCUT2D eigenvalue weighted by molar-refractivity contribution is -0.136. The summed E-state index contributed by atoms with van der Waals surface area (Å²) in [5.41, 5.74) is 3.72. The number of aryl methyl sites for hydroxylation is 1. The first kappa shape index (κ1) is 25.4. The zero-order chi connectivity index (χ0) is 25.2. The summed E-state index contributed by atoms with van der Waals surface area (Å²) < 4.78 is 20.9. The van der Waals surface area contributed by atoms with E-state index in [1.54, 1.807) is 12.4 Å². The molecule has 2 aliphatic heterocycles. The molecule has 0 unspecified atom stereocenters. The first-order chi connectivity index (χ1) is 16.6. The van der Waals surface area contributed by atoms with Gasteiger partial charge in [-0.2, -0.15) is 0 Å². The van der Waals surface area contributed by atoms with E-state index in [9.17, 15) is 9.90 Å². The Labute approximate surface area is 207 Å². The quantitative estimate of drug-likeness (QED) is 0.617. The van der Waals surface area contributed by atoms with Crippen LogP contribution in [-0.4, -0.2) is 65.8 Å². The molecule has 7 nitrogen and oxygen atoms in total. The van der Waals surface area contributed by atoms with E-state index in [1.165, 1.54) is 6.07 Å². The maximum Gasteiger partial charge on any atom is 0.307 e. The number of likely N-dealkylation sites (tertiary alicyclic amines) is 1. The summed E-state index contributed by atoms with van der Waals surface area (Å²) in [5, 5.41) is 9.58. The van der Waals surface area contributed by atoms with Gasteiger partial charge in [0.25, 0.3) is 0 Å². The number of ether oxygens (including phenoxy) is 1. The highest BCUT2D eigenvalue weighted by molar-refractivity contribution is 5.84. The standard InChI is InChI=1S/C27H37FN4O3/c1-18-21(14-24(33)34)25(32-11-7-27(2,3)8-12-32)22(16-29-18)20-13-23(28)26(30-15-20)35-17-19-5-9-31(4)10-6-19/h13,15-16,19H,5-12,14,17H2,1-4H3,(H,33,34). The number of aromatic nitrogens is 2. The number of carbonyl (C=O) groups is 1. The predicted molar refractivity (Wildman–Crippen MR) is 134 cm³/mol. The number of halogens is 1. The van der Waals surface area contributed by atoms with Gasteiger partial charge in [-0.25, -0.2) is 9.37 Å². The van der Waals surface area contributed by atoms with Crippen molar-refractivity contribution in [1.82, 2.24) is 14.9 Å². The number of pyridine rings is 2. The molecule has 1 N–H and O–H groups in total. The van der Waals surface area contributed by atoms with Crippen molar-refractivity contribution in [2.45, 2.75) is 52.9 Å². The van der Waals surface area contributed by atoms with Crippen molar-refractivity contribution in [2.24, 2.45) is 11.3 Å². The molecule has 0 amide bonds. The van der Waals surface area contributed by atoms with E-state index in [0.717, 1.165) is 57.5 Å². The molecule has 2 saturated heterocycles. The number of carboxylic acids is 1. The lowest BCUT2D eigenvalue weighted by Crippen LogP contribution is -2.38. The molecule has 0 bridgehead atoms. The van der Waals surface area contributed by atoms with Crippen LogP contribution in [0.25, 0.3) is 11.1 Å². The second kappa shape index (κ2) is 10.5. The Morgan fingerprint density at radius 1 is 1.17 bits per heavy atom. The third kappa shape index (κ3) is 6.10. The molecule has 35 heavy (non-hydrogen) atoms. The zero-order valence-electron chi connectivity index (χ0n) is 21.3. The molecule has 0 spiro atoms. The molecular weight excluding hydrogens is 447 g/mol. The number of anilines is 1. The molecule has 0 aromatic carbocycles. The second-order valence-corrected chi connectivity index (χ2v) is 10.9. The molecule has 4 rings (SSSR count). The zero-order valence-corrected chi connectivity index (χ0v) is 21.3. The highest BCUT2D eigenvalue weighted by Crippen LogP contribution is 2.40. The molecule has 4 heterocycles. The van der Waals surface area contributed by atoms with Gasteiger partial charge < -0.3 is 19.6 Å². The van der Waals surface area contributed by atoms with Gasteiger partial charge in [-0.15, -0.1) is 0 Å². The van der Waals surface area contributed by atoms with Gasteiger partial charge in [-0.3, -0.25) is 9.78 Å². The molecule has 190 valence electrons. The lowest BCUT2D eigenvalue weighted by atomic mass is 9.82. The largest absolute Gasteiger partial charge is 0.481 e. The van der Waals surface area contributed by atoms with E-state index < -0.39 is 11.8 Å². The van der Waals surface area contributed by atoms with Crippen LogP contribution in [-0.2, 0) is 11.2 Å². The Morgan fingerprint density at radius 3 is 2.49 bits per heavy atom. The van der Waals surface area contributed by atoms with E-state index in [2.05, 4.69) is 40.7 Å². The topological polar surface area (TPSA) is 78.8 Å². The van der Waals surface area contributed by atoms with Gasteiger partial charge in [0, 0.05) is 47.9 Å². The van der Waals surface area contributed by atoms with Crippen molar-refractivity contribution in [3.63, 3.8) is 0 Å². The van der Waals surface area contributed by atoms with Gasteiger partial charge >= 0.3 is 5.97 Å². The highest BCUT2D eigenvalue weighted by Gasteiger charge is 2.29. The minimum absolute atomic E-state index is 0.0137. The van der Waals surface area contributed by atoms with E-state index >= 15 is 4.39 Å². The summed E-state index contributed by atoms with van der Waals surface area (Å²) in [4.78, 5) is 25.0. The number of piperidine rings is 2. The van der Waals surface area contributed by atoms with Gasteiger partial charge in [0.15, 0.2) is 5.82 Å². The minimum atomic E-state index is -0.910. The van der Waals surface area contributed by atoms with Crippen molar-refractivity contribution in [2.75, 3.05) is 44.7 Å². The van der Waals surface area contributed by atoms with Crippen LogP contribution in [0.4, 0.5) is 10.1 Å². The van der Waals surface area contributed by atoms with Gasteiger partial charge in [-0.1, -0.05) is 13.8 Å². The summed E-state index contributed by atoms with van der Waals surface area (Å²) >= 11 is 0. The van der Waals surface area contributed by atoms with E-state index in [4.69, 9.17) is 4.74 Å². The Morgan fingerprint density at radius 2 is 1.86 bits per heavy atom.